The molecular formula is C19H24N4O3. The fourth-order valence-electron chi connectivity index (χ4n) is 3.15. The molecule has 0 atom stereocenters. The van der Waals surface area contributed by atoms with E-state index in [1.54, 1.807) is 19.1 Å². The van der Waals surface area contributed by atoms with Gasteiger partial charge in [-0.25, -0.2) is 0 Å². The predicted octanol–water partition coefficient (Wildman–Crippen LogP) is 1.50. The molecule has 1 aliphatic rings. The summed E-state index contributed by atoms with van der Waals surface area (Å²) in [7, 11) is 0. The van der Waals surface area contributed by atoms with Crippen molar-refractivity contribution in [1.82, 2.24) is 20.4 Å². The molecular weight excluding hydrogens is 332 g/mol. The lowest BCUT2D eigenvalue weighted by Gasteiger charge is -2.26. The van der Waals surface area contributed by atoms with Gasteiger partial charge in [-0.3, -0.25) is 19.5 Å². The highest BCUT2D eigenvalue weighted by atomic mass is 16.2. The average molecular weight is 356 g/mol. The van der Waals surface area contributed by atoms with Crippen LogP contribution in [-0.2, 0) is 17.8 Å². The first-order valence-corrected chi connectivity index (χ1v) is 8.95. The van der Waals surface area contributed by atoms with Crippen LogP contribution in [0.1, 0.15) is 46.4 Å². The molecule has 138 valence electrons. The number of likely N-dealkylation sites (tertiary alicyclic amines) is 1. The molecule has 7 heteroatoms. The van der Waals surface area contributed by atoms with Gasteiger partial charge < -0.3 is 15.3 Å². The third-order valence-electron chi connectivity index (χ3n) is 4.76. The number of carbonyl (C=O) groups is 2. The number of aryl methyl sites for hydroxylation is 1. The van der Waals surface area contributed by atoms with Crippen molar-refractivity contribution in [1.29, 1.82) is 0 Å². The van der Waals surface area contributed by atoms with Crippen molar-refractivity contribution in [2.24, 2.45) is 0 Å². The molecule has 3 N–H and O–H groups in total. The van der Waals surface area contributed by atoms with Crippen molar-refractivity contribution >= 4 is 11.8 Å². The molecule has 2 amide bonds. The van der Waals surface area contributed by atoms with Crippen LogP contribution in [0.4, 0.5) is 0 Å². The van der Waals surface area contributed by atoms with Gasteiger partial charge >= 0.3 is 0 Å². The van der Waals surface area contributed by atoms with Crippen LogP contribution in [0.5, 0.6) is 0 Å². The molecule has 1 aromatic carbocycles. The van der Waals surface area contributed by atoms with Gasteiger partial charge in [-0.05, 0) is 43.9 Å². The number of piperidine rings is 1. The highest BCUT2D eigenvalue weighted by Gasteiger charge is 2.18. The third kappa shape index (κ3) is 4.22. The number of amides is 2. The zero-order valence-corrected chi connectivity index (χ0v) is 14.9. The van der Waals surface area contributed by atoms with E-state index in [0.717, 1.165) is 31.5 Å². The average Bonchev–Trinajstić information content (AvgIpc) is 2.99. The van der Waals surface area contributed by atoms with Gasteiger partial charge in [-0.1, -0.05) is 12.1 Å². The standard InChI is InChI=1S/C19H24N4O3/c1-13-16(18(25)22-21-13)11-17(24)20-12-14-5-7-15(8-6-14)19(26)23-9-3-2-4-10-23/h5-8H,2-4,9-12H2,1H3,(H,20,24)(H2,21,22,25). The van der Waals surface area contributed by atoms with Crippen LogP contribution in [-0.4, -0.2) is 40.0 Å². The minimum Gasteiger partial charge on any atom is -0.352 e. The molecule has 1 fully saturated rings. The monoisotopic (exact) mass is 356 g/mol. The number of rotatable bonds is 5. The highest BCUT2D eigenvalue weighted by Crippen LogP contribution is 2.14. The molecule has 0 spiro atoms. The lowest BCUT2D eigenvalue weighted by molar-refractivity contribution is -0.120. The zero-order valence-electron chi connectivity index (χ0n) is 14.9. The fraction of sp³-hybridized carbons (Fsp3) is 0.421. The number of nitrogens with zero attached hydrogens (tertiary/aromatic N) is 1. The summed E-state index contributed by atoms with van der Waals surface area (Å²) in [6, 6.07) is 7.32. The topological polar surface area (TPSA) is 98.1 Å². The second-order valence-corrected chi connectivity index (χ2v) is 6.69. The summed E-state index contributed by atoms with van der Waals surface area (Å²) < 4.78 is 0. The number of aromatic nitrogens is 2. The Labute approximate surface area is 151 Å². The SMILES string of the molecule is Cc1[nH][nH]c(=O)c1CC(=O)NCc1ccc(C(=O)N2CCCCC2)cc1. The van der Waals surface area contributed by atoms with Gasteiger partial charge in [0.1, 0.15) is 0 Å². The fourth-order valence-corrected chi connectivity index (χ4v) is 3.15. The Bertz CT molecular complexity index is 829. The molecule has 26 heavy (non-hydrogen) atoms. The summed E-state index contributed by atoms with van der Waals surface area (Å²) in [5.41, 5.74) is 2.44. The summed E-state index contributed by atoms with van der Waals surface area (Å²) in [6.45, 7) is 3.76. The van der Waals surface area contributed by atoms with E-state index in [-0.39, 0.29) is 23.8 Å². The Kier molecular flexibility index (Phi) is 5.55. The first-order valence-electron chi connectivity index (χ1n) is 8.95. The van der Waals surface area contributed by atoms with E-state index in [9.17, 15) is 14.4 Å². The number of H-pyrrole nitrogens is 2. The van der Waals surface area contributed by atoms with Gasteiger partial charge in [-0.2, -0.15) is 0 Å². The van der Waals surface area contributed by atoms with Crippen molar-refractivity contribution in [2.75, 3.05) is 13.1 Å². The Balaban J connectivity index is 1.53. The molecule has 0 radical (unpaired) electrons. The lowest BCUT2D eigenvalue weighted by Crippen LogP contribution is -2.35. The summed E-state index contributed by atoms with van der Waals surface area (Å²) >= 11 is 0. The lowest BCUT2D eigenvalue weighted by atomic mass is 10.1. The minimum atomic E-state index is -0.266. The minimum absolute atomic E-state index is 0.0379. The van der Waals surface area contributed by atoms with Gasteiger partial charge in [0.15, 0.2) is 0 Å². The number of hydrogen-bond donors (Lipinski definition) is 3. The molecule has 1 saturated heterocycles. The maximum atomic E-state index is 12.4. The van der Waals surface area contributed by atoms with Crippen molar-refractivity contribution in [3.05, 3.63) is 57.0 Å². The summed E-state index contributed by atoms with van der Waals surface area (Å²) in [6.07, 6.45) is 3.37. The van der Waals surface area contributed by atoms with Crippen molar-refractivity contribution in [2.45, 2.75) is 39.2 Å². The van der Waals surface area contributed by atoms with Gasteiger partial charge in [0.25, 0.3) is 11.5 Å². The molecule has 0 aliphatic carbocycles. The Morgan fingerprint density at radius 1 is 1.08 bits per heavy atom. The van der Waals surface area contributed by atoms with E-state index >= 15 is 0 Å². The van der Waals surface area contributed by atoms with Crippen molar-refractivity contribution < 1.29 is 9.59 Å². The van der Waals surface area contributed by atoms with Crippen LogP contribution in [0, 0.1) is 6.92 Å². The maximum absolute atomic E-state index is 12.4. The molecule has 1 aliphatic heterocycles. The number of benzene rings is 1. The smallest absolute Gasteiger partial charge is 0.267 e. The van der Waals surface area contributed by atoms with E-state index in [4.69, 9.17) is 0 Å². The molecule has 2 aromatic rings. The summed E-state index contributed by atoms with van der Waals surface area (Å²) in [5.74, 6) is -0.144. The van der Waals surface area contributed by atoms with Crippen LogP contribution in [0.3, 0.4) is 0 Å². The van der Waals surface area contributed by atoms with E-state index < -0.39 is 0 Å². The number of hydrogen-bond acceptors (Lipinski definition) is 3. The summed E-state index contributed by atoms with van der Waals surface area (Å²) in [5, 5.41) is 7.97. The largest absolute Gasteiger partial charge is 0.352 e. The number of aromatic amines is 2. The predicted molar refractivity (Wildman–Crippen MR) is 97.9 cm³/mol. The van der Waals surface area contributed by atoms with E-state index in [2.05, 4.69) is 15.5 Å². The summed E-state index contributed by atoms with van der Waals surface area (Å²) in [4.78, 5) is 37.9. The van der Waals surface area contributed by atoms with Gasteiger partial charge in [0.2, 0.25) is 5.91 Å². The zero-order chi connectivity index (χ0) is 18.5. The number of nitrogens with one attached hydrogen (secondary N) is 3. The molecule has 0 bridgehead atoms. The van der Waals surface area contributed by atoms with Crippen LogP contribution in [0.2, 0.25) is 0 Å². The third-order valence-corrected chi connectivity index (χ3v) is 4.76. The normalized spacial score (nSPS) is 14.3. The second kappa shape index (κ2) is 8.03. The first kappa shape index (κ1) is 18.0. The second-order valence-electron chi connectivity index (χ2n) is 6.69. The number of carbonyl (C=O) groups excluding carboxylic acids is 2. The van der Waals surface area contributed by atoms with Crippen molar-refractivity contribution in [3.63, 3.8) is 0 Å². The van der Waals surface area contributed by atoms with Gasteiger partial charge in [0.05, 0.1) is 6.42 Å². The van der Waals surface area contributed by atoms with E-state index in [1.807, 2.05) is 17.0 Å². The molecule has 0 unspecified atom stereocenters. The van der Waals surface area contributed by atoms with Gasteiger partial charge in [-0.15, -0.1) is 0 Å². The molecule has 2 heterocycles. The van der Waals surface area contributed by atoms with Crippen LogP contribution in [0.15, 0.2) is 29.1 Å². The first-order chi connectivity index (χ1) is 12.5. The molecule has 1 aromatic heterocycles. The van der Waals surface area contributed by atoms with Crippen LogP contribution in [0.25, 0.3) is 0 Å². The molecule has 7 nitrogen and oxygen atoms in total. The Hall–Kier alpha value is -2.83. The van der Waals surface area contributed by atoms with E-state index in [0.29, 0.717) is 23.4 Å². The highest BCUT2D eigenvalue weighted by molar-refractivity contribution is 5.94. The van der Waals surface area contributed by atoms with Gasteiger partial charge in [0, 0.05) is 36.5 Å². The van der Waals surface area contributed by atoms with Crippen LogP contribution >= 0.6 is 0 Å². The molecule has 3 rings (SSSR count). The van der Waals surface area contributed by atoms with Crippen LogP contribution < -0.4 is 10.9 Å². The maximum Gasteiger partial charge on any atom is 0.267 e. The Morgan fingerprint density at radius 2 is 1.77 bits per heavy atom. The van der Waals surface area contributed by atoms with Crippen molar-refractivity contribution in [3.8, 4) is 0 Å². The quantitative estimate of drug-likeness (QED) is 0.757. The Morgan fingerprint density at radius 3 is 2.38 bits per heavy atom. The molecule has 0 saturated carbocycles. The van der Waals surface area contributed by atoms with E-state index in [1.165, 1.54) is 6.42 Å².